The van der Waals surface area contributed by atoms with Crippen molar-refractivity contribution in [1.82, 2.24) is 10.3 Å². The third-order valence-electron chi connectivity index (χ3n) is 5.72. The van der Waals surface area contributed by atoms with E-state index in [4.69, 9.17) is 14.2 Å². The number of carbonyl (C=O) groups is 2. The molecule has 0 spiro atoms. The van der Waals surface area contributed by atoms with Gasteiger partial charge in [0.05, 0.1) is 14.2 Å². The van der Waals surface area contributed by atoms with Gasteiger partial charge in [-0.15, -0.1) is 10.1 Å². The number of hydrogen-bond donors (Lipinski definition) is 1. The highest BCUT2D eigenvalue weighted by atomic mass is 16.5. The van der Waals surface area contributed by atoms with Crippen LogP contribution < -0.4 is 14.8 Å². The first-order chi connectivity index (χ1) is 17.1. The van der Waals surface area contributed by atoms with Gasteiger partial charge in [0.15, 0.2) is 0 Å². The van der Waals surface area contributed by atoms with Gasteiger partial charge in [-0.2, -0.15) is 0 Å². The van der Waals surface area contributed by atoms with E-state index >= 15 is 0 Å². The number of benzene rings is 3. The first-order valence-corrected chi connectivity index (χ1v) is 10.9. The van der Waals surface area contributed by atoms with E-state index in [-0.39, 0.29) is 17.8 Å². The Morgan fingerprint density at radius 1 is 0.914 bits per heavy atom. The summed E-state index contributed by atoms with van der Waals surface area (Å²) in [6.07, 6.45) is 0. The number of ether oxygens (including phenoxy) is 3. The summed E-state index contributed by atoms with van der Waals surface area (Å²) in [4.78, 5) is 31.2. The Bertz CT molecular complexity index is 1300. The Kier molecular flexibility index (Phi) is 5.88. The van der Waals surface area contributed by atoms with Crippen LogP contribution in [0.5, 0.6) is 11.5 Å². The van der Waals surface area contributed by atoms with Crippen LogP contribution in [0.4, 0.5) is 0 Å². The lowest BCUT2D eigenvalue weighted by atomic mass is 9.97. The number of methoxy groups -OCH3 is 2. The van der Waals surface area contributed by atoms with Crippen molar-refractivity contribution in [3.63, 3.8) is 0 Å². The van der Waals surface area contributed by atoms with E-state index in [1.54, 1.807) is 87.0 Å². The summed E-state index contributed by atoms with van der Waals surface area (Å²) < 4.78 is 16.3. The molecule has 2 atom stereocenters. The number of fused-ring (bicyclic) bond motifs is 1. The molecule has 2 aliphatic heterocycles. The minimum atomic E-state index is -0.998. The van der Waals surface area contributed by atoms with Crippen LogP contribution in [0, 0.1) is 0 Å². The van der Waals surface area contributed by atoms with Gasteiger partial charge >= 0.3 is 6.02 Å². The smallest absolute Gasteiger partial charge is 0.323 e. The first kappa shape index (κ1) is 22.1. The van der Waals surface area contributed by atoms with E-state index in [9.17, 15) is 9.59 Å². The zero-order valence-corrected chi connectivity index (χ0v) is 19.0. The third kappa shape index (κ3) is 4.31. The first-order valence-electron chi connectivity index (χ1n) is 10.9. The molecule has 3 aromatic carbocycles. The van der Waals surface area contributed by atoms with Crippen LogP contribution in [0.15, 0.2) is 89.0 Å². The van der Waals surface area contributed by atoms with E-state index in [2.05, 4.69) is 15.4 Å². The molecule has 0 saturated carbocycles. The molecule has 1 N–H and O–H groups in total. The zero-order valence-electron chi connectivity index (χ0n) is 19.0. The average molecular weight is 470 g/mol. The summed E-state index contributed by atoms with van der Waals surface area (Å²) in [6, 6.07) is 21.3. The topological polar surface area (TPSA) is 102 Å². The molecule has 0 bridgehead atoms. The van der Waals surface area contributed by atoms with Gasteiger partial charge in [-0.05, 0) is 54.1 Å². The Labute approximate surface area is 201 Å². The molecule has 35 heavy (non-hydrogen) atoms. The van der Waals surface area contributed by atoms with Gasteiger partial charge < -0.3 is 19.5 Å². The molecule has 9 nitrogen and oxygen atoms in total. The number of nitrogens with zero attached hydrogens (tertiary/aromatic N) is 3. The molecule has 2 amide bonds. The van der Waals surface area contributed by atoms with Crippen LogP contribution in [0.3, 0.4) is 0 Å². The number of nitrogens with one attached hydrogen (secondary N) is 1. The largest absolute Gasteiger partial charge is 0.497 e. The highest BCUT2D eigenvalue weighted by Crippen LogP contribution is 2.32. The predicted octanol–water partition coefficient (Wildman–Crippen LogP) is 3.13. The molecule has 5 rings (SSSR count). The molecule has 2 aliphatic rings. The molecule has 0 fully saturated rings. The second kappa shape index (κ2) is 9.30. The second-order valence-corrected chi connectivity index (χ2v) is 7.83. The highest BCUT2D eigenvalue weighted by molar-refractivity contribution is 6.12. The molecule has 3 aromatic rings. The van der Waals surface area contributed by atoms with Crippen molar-refractivity contribution in [3.8, 4) is 11.5 Å². The summed E-state index contributed by atoms with van der Waals surface area (Å²) in [5, 5.41) is 8.27. The Balaban J connectivity index is 1.49. The molecule has 0 aromatic heterocycles. The maximum atomic E-state index is 13.6. The molecule has 0 radical (unpaired) electrons. The van der Waals surface area contributed by atoms with Gasteiger partial charge in [0, 0.05) is 11.1 Å². The monoisotopic (exact) mass is 470 g/mol. The van der Waals surface area contributed by atoms with Crippen molar-refractivity contribution in [2.45, 2.75) is 12.1 Å². The normalized spacial score (nSPS) is 18.7. The number of amides is 2. The minimum absolute atomic E-state index is 0.0480. The number of carbonyl (C=O) groups excluding carboxylic acids is 2. The number of amidine groups is 1. The average Bonchev–Trinajstić information content (AvgIpc) is 3.35. The van der Waals surface area contributed by atoms with E-state index in [1.165, 1.54) is 0 Å². The van der Waals surface area contributed by atoms with Gasteiger partial charge in [-0.25, -0.2) is 4.99 Å². The zero-order chi connectivity index (χ0) is 24.4. The Morgan fingerprint density at radius 2 is 1.54 bits per heavy atom. The molecular weight excluding hydrogens is 448 g/mol. The van der Waals surface area contributed by atoms with Crippen LogP contribution in [0.1, 0.15) is 27.5 Å². The van der Waals surface area contributed by atoms with Crippen molar-refractivity contribution in [1.29, 1.82) is 0 Å². The van der Waals surface area contributed by atoms with E-state index in [0.717, 1.165) is 5.01 Å². The maximum absolute atomic E-state index is 13.6. The Hall–Kier alpha value is -4.66. The van der Waals surface area contributed by atoms with Crippen molar-refractivity contribution in [2.75, 3.05) is 14.2 Å². The fourth-order valence-electron chi connectivity index (χ4n) is 3.84. The van der Waals surface area contributed by atoms with Gasteiger partial charge in [0.1, 0.15) is 23.6 Å². The number of hydrazone groups is 1. The van der Waals surface area contributed by atoms with Crippen LogP contribution in [0.25, 0.3) is 0 Å². The van der Waals surface area contributed by atoms with E-state index in [1.807, 2.05) is 6.07 Å². The summed E-state index contributed by atoms with van der Waals surface area (Å²) >= 11 is 0. The fraction of sp³-hybridized carbons (Fsp3) is 0.154. The number of rotatable bonds is 6. The predicted molar refractivity (Wildman–Crippen MR) is 128 cm³/mol. The van der Waals surface area contributed by atoms with Crippen LogP contribution in [0.2, 0.25) is 0 Å². The van der Waals surface area contributed by atoms with Crippen LogP contribution in [-0.2, 0) is 9.53 Å². The summed E-state index contributed by atoms with van der Waals surface area (Å²) in [6.45, 7) is 0. The molecule has 2 unspecified atom stereocenters. The number of hydrogen-bond acceptors (Lipinski definition) is 7. The van der Waals surface area contributed by atoms with Crippen molar-refractivity contribution in [3.05, 3.63) is 95.6 Å². The van der Waals surface area contributed by atoms with Gasteiger partial charge in [0.2, 0.25) is 5.90 Å². The standard InChI is InChI=1S/C26H22N4O5/c1-33-19-12-8-16(9-13-19)21-22(27-23(31)17-6-4-3-5-7-17)25(32)30-26(28-21)35-24(29-30)18-10-14-20(34-2)15-11-18/h3-15,21-22H,1-2H3,(H,27,31). The highest BCUT2D eigenvalue weighted by Gasteiger charge is 2.45. The van der Waals surface area contributed by atoms with E-state index in [0.29, 0.717) is 28.2 Å². The van der Waals surface area contributed by atoms with Crippen molar-refractivity contribution < 1.29 is 23.8 Å². The summed E-state index contributed by atoms with van der Waals surface area (Å²) in [5.41, 5.74) is 1.80. The summed E-state index contributed by atoms with van der Waals surface area (Å²) in [7, 11) is 3.15. The molecule has 0 saturated heterocycles. The third-order valence-corrected chi connectivity index (χ3v) is 5.72. The molecule has 2 heterocycles. The second-order valence-electron chi connectivity index (χ2n) is 7.83. The van der Waals surface area contributed by atoms with Crippen LogP contribution >= 0.6 is 0 Å². The SMILES string of the molecule is COc1ccc(C2=NN3C(=O)C(NC(=O)c4ccccc4)C(c4ccc(OC)cc4)N=C3O2)cc1. The van der Waals surface area contributed by atoms with Gasteiger partial charge in [0.25, 0.3) is 11.8 Å². The molecular formula is C26H22N4O5. The number of aliphatic imine (C=N–C) groups is 1. The van der Waals surface area contributed by atoms with Gasteiger partial charge in [-0.1, -0.05) is 30.3 Å². The molecule has 176 valence electrons. The van der Waals surface area contributed by atoms with Crippen molar-refractivity contribution >= 4 is 23.7 Å². The van der Waals surface area contributed by atoms with Gasteiger partial charge in [-0.3, -0.25) is 9.59 Å². The van der Waals surface area contributed by atoms with Crippen LogP contribution in [-0.4, -0.2) is 49.0 Å². The molecule has 0 aliphatic carbocycles. The lowest BCUT2D eigenvalue weighted by molar-refractivity contribution is -0.131. The lowest BCUT2D eigenvalue weighted by Crippen LogP contribution is -2.53. The fourth-order valence-corrected chi connectivity index (χ4v) is 3.84. The minimum Gasteiger partial charge on any atom is -0.497 e. The quantitative estimate of drug-likeness (QED) is 0.597. The lowest BCUT2D eigenvalue weighted by Gasteiger charge is -2.30. The summed E-state index contributed by atoms with van der Waals surface area (Å²) in [5.74, 6) is 0.728. The van der Waals surface area contributed by atoms with E-state index < -0.39 is 18.0 Å². The molecule has 9 heteroatoms. The Morgan fingerprint density at radius 3 is 2.17 bits per heavy atom. The maximum Gasteiger partial charge on any atom is 0.323 e. The van der Waals surface area contributed by atoms with Crippen molar-refractivity contribution in [2.24, 2.45) is 10.1 Å².